The molecule has 0 atom stereocenters. The van der Waals surface area contributed by atoms with Gasteiger partial charge in [0.2, 0.25) is 5.91 Å². The van der Waals surface area contributed by atoms with E-state index >= 15 is 0 Å². The first-order valence-electron chi connectivity index (χ1n) is 8.75. The fourth-order valence-corrected chi connectivity index (χ4v) is 3.46. The molecule has 0 unspecified atom stereocenters. The third-order valence-corrected chi connectivity index (χ3v) is 5.28. The fraction of sp³-hybridized carbons (Fsp3) is 0.250. The quantitative estimate of drug-likeness (QED) is 0.509. The van der Waals surface area contributed by atoms with Crippen LogP contribution in [-0.2, 0) is 4.79 Å². The Balaban J connectivity index is 1.57. The molecule has 0 saturated heterocycles. The molecule has 2 N–H and O–H groups in total. The molecule has 0 aliphatic carbocycles. The minimum atomic E-state index is -0.413. The zero-order valence-electron chi connectivity index (χ0n) is 16.2. The highest BCUT2D eigenvalue weighted by Gasteiger charge is 2.15. The van der Waals surface area contributed by atoms with Gasteiger partial charge in [0.25, 0.3) is 5.91 Å². The number of carbonyl (C=O) groups is 2. The molecule has 8 heteroatoms. The third kappa shape index (κ3) is 4.45. The maximum absolute atomic E-state index is 12.1. The molecule has 1 aromatic carbocycles. The van der Waals surface area contributed by atoms with Crippen LogP contribution < -0.4 is 10.9 Å². The van der Waals surface area contributed by atoms with Crippen molar-refractivity contribution in [2.75, 3.05) is 5.75 Å². The van der Waals surface area contributed by atoms with Crippen LogP contribution in [0.3, 0.4) is 0 Å². The van der Waals surface area contributed by atoms with Crippen molar-refractivity contribution in [1.82, 2.24) is 20.4 Å². The Hall–Kier alpha value is -3.00. The molecule has 0 spiro atoms. The van der Waals surface area contributed by atoms with Gasteiger partial charge in [0, 0.05) is 18.1 Å². The molecular weight excluding hydrogens is 376 g/mol. The van der Waals surface area contributed by atoms with Gasteiger partial charge in [0.1, 0.15) is 11.5 Å². The molecule has 0 saturated carbocycles. The van der Waals surface area contributed by atoms with Crippen LogP contribution in [0.25, 0.3) is 5.69 Å². The van der Waals surface area contributed by atoms with E-state index in [0.29, 0.717) is 22.2 Å². The monoisotopic (exact) mass is 398 g/mol. The number of imidazole rings is 1. The van der Waals surface area contributed by atoms with Crippen LogP contribution in [0, 0.1) is 27.7 Å². The molecule has 0 aliphatic heterocycles. The standard InChI is InChI=1S/C20H22N4O3S/c1-12-5-6-16(9-13(12)2)24-8-7-21-20(24)28-11-18(25)22-23-19(26)17-10-14(3)27-15(17)4/h5-10H,11H2,1-4H3,(H,22,25)(H,23,26). The number of hydrogen-bond acceptors (Lipinski definition) is 5. The second kappa shape index (κ2) is 8.35. The molecule has 3 aromatic rings. The number of aromatic nitrogens is 2. The average molecular weight is 398 g/mol. The summed E-state index contributed by atoms with van der Waals surface area (Å²) in [4.78, 5) is 28.5. The summed E-state index contributed by atoms with van der Waals surface area (Å²) < 4.78 is 7.25. The molecule has 0 radical (unpaired) electrons. The second-order valence-electron chi connectivity index (χ2n) is 6.47. The summed E-state index contributed by atoms with van der Waals surface area (Å²) in [6, 6.07) is 7.78. The first-order valence-corrected chi connectivity index (χ1v) is 9.73. The van der Waals surface area contributed by atoms with Gasteiger partial charge in [0.15, 0.2) is 5.16 Å². The van der Waals surface area contributed by atoms with Crippen LogP contribution in [-0.4, -0.2) is 27.1 Å². The summed E-state index contributed by atoms with van der Waals surface area (Å²) in [5.74, 6) is 0.526. The van der Waals surface area contributed by atoms with E-state index in [-0.39, 0.29) is 11.7 Å². The molecule has 146 valence electrons. The van der Waals surface area contributed by atoms with Gasteiger partial charge in [-0.25, -0.2) is 4.98 Å². The Bertz CT molecular complexity index is 1020. The second-order valence-corrected chi connectivity index (χ2v) is 7.41. The molecule has 0 aliphatic rings. The normalized spacial score (nSPS) is 10.7. The summed E-state index contributed by atoms with van der Waals surface area (Å²) in [6.07, 6.45) is 3.55. The van der Waals surface area contributed by atoms with Gasteiger partial charge in [-0.2, -0.15) is 0 Å². The minimum absolute atomic E-state index is 0.117. The third-order valence-electron chi connectivity index (χ3n) is 4.31. The predicted molar refractivity (Wildman–Crippen MR) is 108 cm³/mol. The average Bonchev–Trinajstić information content (AvgIpc) is 3.26. The lowest BCUT2D eigenvalue weighted by molar-refractivity contribution is -0.119. The summed E-state index contributed by atoms with van der Waals surface area (Å²) in [6.45, 7) is 7.58. The number of hydrazine groups is 1. The summed E-state index contributed by atoms with van der Waals surface area (Å²) in [5, 5.41) is 0.700. The van der Waals surface area contributed by atoms with Crippen LogP contribution in [0.4, 0.5) is 0 Å². The first kappa shape index (κ1) is 19.8. The number of benzene rings is 1. The SMILES string of the molecule is Cc1cc(C(=O)NNC(=O)CSc2nccn2-c2ccc(C)c(C)c2)c(C)o1. The van der Waals surface area contributed by atoms with Gasteiger partial charge in [0.05, 0.1) is 11.3 Å². The van der Waals surface area contributed by atoms with Crippen LogP contribution in [0.1, 0.15) is 33.0 Å². The van der Waals surface area contributed by atoms with Crippen molar-refractivity contribution >= 4 is 23.6 Å². The van der Waals surface area contributed by atoms with E-state index in [1.807, 2.05) is 16.8 Å². The number of carbonyl (C=O) groups excluding carboxylic acids is 2. The number of amides is 2. The van der Waals surface area contributed by atoms with Crippen molar-refractivity contribution < 1.29 is 14.0 Å². The Morgan fingerprint density at radius 1 is 1.11 bits per heavy atom. The predicted octanol–water partition coefficient (Wildman–Crippen LogP) is 3.25. The summed E-state index contributed by atoms with van der Waals surface area (Å²) in [7, 11) is 0. The molecular formula is C20H22N4O3S. The highest BCUT2D eigenvalue weighted by molar-refractivity contribution is 7.99. The van der Waals surface area contributed by atoms with Gasteiger partial charge in [-0.15, -0.1) is 0 Å². The molecule has 28 heavy (non-hydrogen) atoms. The molecule has 7 nitrogen and oxygen atoms in total. The maximum atomic E-state index is 12.1. The maximum Gasteiger partial charge on any atom is 0.273 e. The van der Waals surface area contributed by atoms with E-state index in [0.717, 1.165) is 5.69 Å². The van der Waals surface area contributed by atoms with Crippen molar-refractivity contribution in [2.24, 2.45) is 0 Å². The molecule has 0 bridgehead atoms. The first-order chi connectivity index (χ1) is 13.3. The topological polar surface area (TPSA) is 89.2 Å². The van der Waals surface area contributed by atoms with Gasteiger partial charge >= 0.3 is 0 Å². The molecule has 2 amide bonds. The fourth-order valence-electron chi connectivity index (χ4n) is 2.68. The number of nitrogens with one attached hydrogen (secondary N) is 2. The van der Waals surface area contributed by atoms with Crippen molar-refractivity contribution in [3.05, 3.63) is 64.9 Å². The van der Waals surface area contributed by atoms with Crippen molar-refractivity contribution in [2.45, 2.75) is 32.9 Å². The van der Waals surface area contributed by atoms with Crippen LogP contribution >= 0.6 is 11.8 Å². The van der Waals surface area contributed by atoms with E-state index in [1.165, 1.54) is 22.9 Å². The molecule has 3 rings (SSSR count). The highest BCUT2D eigenvalue weighted by Crippen LogP contribution is 2.22. The van der Waals surface area contributed by atoms with Crippen LogP contribution in [0.15, 0.2) is 46.2 Å². The largest absolute Gasteiger partial charge is 0.466 e. The van der Waals surface area contributed by atoms with Crippen molar-refractivity contribution in [1.29, 1.82) is 0 Å². The zero-order valence-corrected chi connectivity index (χ0v) is 17.0. The molecule has 0 fully saturated rings. The Morgan fingerprint density at radius 2 is 1.89 bits per heavy atom. The van der Waals surface area contributed by atoms with E-state index in [1.54, 1.807) is 26.1 Å². The Morgan fingerprint density at radius 3 is 2.57 bits per heavy atom. The van der Waals surface area contributed by atoms with E-state index in [2.05, 4.69) is 41.8 Å². The van der Waals surface area contributed by atoms with Gasteiger partial charge < -0.3 is 4.42 Å². The minimum Gasteiger partial charge on any atom is -0.466 e. The zero-order chi connectivity index (χ0) is 20.3. The highest BCUT2D eigenvalue weighted by atomic mass is 32.2. The number of nitrogens with zero attached hydrogens (tertiary/aromatic N) is 2. The number of hydrogen-bond donors (Lipinski definition) is 2. The van der Waals surface area contributed by atoms with Gasteiger partial charge in [-0.3, -0.25) is 25.0 Å². The lowest BCUT2D eigenvalue weighted by Crippen LogP contribution is -2.42. The Kier molecular flexibility index (Phi) is 5.89. The van der Waals surface area contributed by atoms with Crippen LogP contribution in [0.2, 0.25) is 0 Å². The number of aryl methyl sites for hydroxylation is 4. The van der Waals surface area contributed by atoms with Crippen molar-refractivity contribution in [3.63, 3.8) is 0 Å². The van der Waals surface area contributed by atoms with Crippen LogP contribution in [0.5, 0.6) is 0 Å². The number of furan rings is 1. The summed E-state index contributed by atoms with van der Waals surface area (Å²) in [5.41, 5.74) is 8.62. The number of thioether (sulfide) groups is 1. The Labute approximate surface area is 167 Å². The van der Waals surface area contributed by atoms with E-state index in [9.17, 15) is 9.59 Å². The van der Waals surface area contributed by atoms with E-state index in [4.69, 9.17) is 4.42 Å². The molecule has 2 aromatic heterocycles. The van der Waals surface area contributed by atoms with E-state index < -0.39 is 5.91 Å². The van der Waals surface area contributed by atoms with Crippen molar-refractivity contribution in [3.8, 4) is 5.69 Å². The lowest BCUT2D eigenvalue weighted by atomic mass is 10.1. The summed E-state index contributed by atoms with van der Waals surface area (Å²) >= 11 is 1.29. The van der Waals surface area contributed by atoms with Gasteiger partial charge in [-0.1, -0.05) is 17.8 Å². The molecule has 2 heterocycles. The number of rotatable bonds is 5. The smallest absolute Gasteiger partial charge is 0.273 e. The lowest BCUT2D eigenvalue weighted by Gasteiger charge is -2.10. The van der Waals surface area contributed by atoms with Gasteiger partial charge in [-0.05, 0) is 57.0 Å².